The predicted octanol–water partition coefficient (Wildman–Crippen LogP) is 1.74. The molecule has 1 atom stereocenters. The van der Waals surface area contributed by atoms with Crippen molar-refractivity contribution in [3.8, 4) is 0 Å². The van der Waals surface area contributed by atoms with E-state index in [1.165, 1.54) is 0 Å². The van der Waals surface area contributed by atoms with Crippen LogP contribution in [0.25, 0.3) is 0 Å². The highest BCUT2D eigenvalue weighted by Crippen LogP contribution is 2.30. The van der Waals surface area contributed by atoms with Gasteiger partial charge in [0.1, 0.15) is 5.69 Å². The zero-order valence-corrected chi connectivity index (χ0v) is 12.6. The maximum absolute atomic E-state index is 11.3. The van der Waals surface area contributed by atoms with Gasteiger partial charge in [-0.3, -0.25) is 10.1 Å². The Labute approximate surface area is 123 Å². The Balaban J connectivity index is 2.39. The van der Waals surface area contributed by atoms with Gasteiger partial charge in [0.25, 0.3) is 0 Å². The molecule has 8 heteroatoms. The van der Waals surface area contributed by atoms with E-state index in [1.807, 2.05) is 18.7 Å². The lowest BCUT2D eigenvalue weighted by molar-refractivity contribution is -0.385. The molecule has 1 N–H and O–H groups in total. The van der Waals surface area contributed by atoms with Crippen molar-refractivity contribution in [2.24, 2.45) is 0 Å². The van der Waals surface area contributed by atoms with Gasteiger partial charge in [0, 0.05) is 19.6 Å². The van der Waals surface area contributed by atoms with E-state index < -0.39 is 4.92 Å². The van der Waals surface area contributed by atoms with Crippen LogP contribution < -0.4 is 10.2 Å². The first-order valence-electron chi connectivity index (χ1n) is 7.16. The van der Waals surface area contributed by atoms with Crippen LogP contribution in [0.1, 0.15) is 26.0 Å². The van der Waals surface area contributed by atoms with Crippen LogP contribution in [0.4, 0.5) is 17.5 Å². The van der Waals surface area contributed by atoms with Crippen LogP contribution in [0.3, 0.4) is 0 Å². The highest BCUT2D eigenvalue weighted by Gasteiger charge is 2.29. The second kappa shape index (κ2) is 6.66. The van der Waals surface area contributed by atoms with Gasteiger partial charge in [0.2, 0.25) is 11.8 Å². The Morgan fingerprint density at radius 1 is 1.52 bits per heavy atom. The van der Waals surface area contributed by atoms with Crippen LogP contribution in [0.15, 0.2) is 0 Å². The molecule has 0 amide bonds. The second-order valence-corrected chi connectivity index (χ2v) is 5.12. The van der Waals surface area contributed by atoms with E-state index in [0.29, 0.717) is 37.2 Å². The second-order valence-electron chi connectivity index (χ2n) is 5.12. The summed E-state index contributed by atoms with van der Waals surface area (Å²) in [6.07, 6.45) is 0.962. The summed E-state index contributed by atoms with van der Waals surface area (Å²) < 4.78 is 5.48. The number of rotatable bonds is 5. The summed E-state index contributed by atoms with van der Waals surface area (Å²) in [5.41, 5.74) is 0.355. The molecule has 1 saturated heterocycles. The van der Waals surface area contributed by atoms with Gasteiger partial charge in [-0.1, -0.05) is 6.92 Å². The van der Waals surface area contributed by atoms with Crippen molar-refractivity contribution in [2.45, 2.75) is 33.3 Å². The highest BCUT2D eigenvalue weighted by atomic mass is 16.6. The molecule has 8 nitrogen and oxygen atoms in total. The Bertz CT molecular complexity index is 523. The van der Waals surface area contributed by atoms with Crippen LogP contribution in [0.5, 0.6) is 0 Å². The molecule has 0 aromatic carbocycles. The van der Waals surface area contributed by atoms with E-state index in [0.717, 1.165) is 13.0 Å². The summed E-state index contributed by atoms with van der Waals surface area (Å²) in [5.74, 6) is 0.815. The SMILES string of the molecule is CCCNc1nc(C)c([N+](=O)[O-])c(N2CCOC(C)C2)n1. The number of nitrogens with zero attached hydrogens (tertiary/aromatic N) is 4. The number of morpholine rings is 1. The minimum atomic E-state index is -0.408. The number of nitro groups is 1. The van der Waals surface area contributed by atoms with Crippen LogP contribution in [0.2, 0.25) is 0 Å². The minimum Gasteiger partial charge on any atom is -0.375 e. The summed E-state index contributed by atoms with van der Waals surface area (Å²) in [7, 11) is 0. The molecule has 2 heterocycles. The molecule has 1 unspecified atom stereocenters. The average Bonchev–Trinajstić information content (AvgIpc) is 2.44. The Morgan fingerprint density at radius 2 is 2.29 bits per heavy atom. The van der Waals surface area contributed by atoms with Crippen LogP contribution in [0, 0.1) is 17.0 Å². The molecule has 0 radical (unpaired) electrons. The van der Waals surface area contributed by atoms with Gasteiger partial charge in [-0.25, -0.2) is 4.98 Å². The Hall–Kier alpha value is -1.96. The van der Waals surface area contributed by atoms with Crippen molar-refractivity contribution in [1.82, 2.24) is 9.97 Å². The number of anilines is 2. The molecule has 1 aliphatic rings. The molecule has 2 rings (SSSR count). The number of aromatic nitrogens is 2. The Morgan fingerprint density at radius 3 is 2.90 bits per heavy atom. The fraction of sp³-hybridized carbons (Fsp3) is 0.692. The third-order valence-electron chi connectivity index (χ3n) is 3.30. The lowest BCUT2D eigenvalue weighted by Crippen LogP contribution is -2.42. The quantitative estimate of drug-likeness (QED) is 0.653. The van der Waals surface area contributed by atoms with Crippen molar-refractivity contribution in [2.75, 3.05) is 36.5 Å². The number of nitrogens with one attached hydrogen (secondary N) is 1. The molecular weight excluding hydrogens is 274 g/mol. The normalized spacial score (nSPS) is 18.6. The van der Waals surface area contributed by atoms with Gasteiger partial charge in [-0.05, 0) is 20.3 Å². The average molecular weight is 295 g/mol. The topological polar surface area (TPSA) is 93.4 Å². The highest BCUT2D eigenvalue weighted by molar-refractivity contribution is 5.62. The summed E-state index contributed by atoms with van der Waals surface area (Å²) in [6.45, 7) is 8.08. The van der Waals surface area contributed by atoms with E-state index in [9.17, 15) is 10.1 Å². The number of hydrogen-bond acceptors (Lipinski definition) is 7. The molecule has 21 heavy (non-hydrogen) atoms. The van der Waals surface area contributed by atoms with Crippen molar-refractivity contribution >= 4 is 17.5 Å². The van der Waals surface area contributed by atoms with Crippen molar-refractivity contribution in [3.05, 3.63) is 15.8 Å². The maximum atomic E-state index is 11.3. The number of ether oxygens (including phenoxy) is 1. The maximum Gasteiger partial charge on any atom is 0.332 e. The summed E-state index contributed by atoms with van der Waals surface area (Å²) in [6, 6.07) is 0. The molecule has 1 aromatic rings. The predicted molar refractivity (Wildman–Crippen MR) is 79.8 cm³/mol. The van der Waals surface area contributed by atoms with Gasteiger partial charge in [0.05, 0.1) is 17.6 Å². The lowest BCUT2D eigenvalue weighted by atomic mass is 10.2. The fourth-order valence-electron chi connectivity index (χ4n) is 2.31. The summed E-state index contributed by atoms with van der Waals surface area (Å²) in [4.78, 5) is 21.4. The molecule has 0 aliphatic carbocycles. The third kappa shape index (κ3) is 3.57. The van der Waals surface area contributed by atoms with Crippen molar-refractivity contribution < 1.29 is 9.66 Å². The zero-order chi connectivity index (χ0) is 15.4. The smallest absolute Gasteiger partial charge is 0.332 e. The van der Waals surface area contributed by atoms with Gasteiger partial charge in [0.15, 0.2) is 0 Å². The van der Waals surface area contributed by atoms with Crippen LogP contribution in [-0.4, -0.2) is 47.2 Å². The zero-order valence-electron chi connectivity index (χ0n) is 12.6. The van der Waals surface area contributed by atoms with Crippen molar-refractivity contribution in [3.63, 3.8) is 0 Å². The fourth-order valence-corrected chi connectivity index (χ4v) is 2.31. The van der Waals surface area contributed by atoms with E-state index in [2.05, 4.69) is 15.3 Å². The molecule has 1 aromatic heterocycles. The monoisotopic (exact) mass is 295 g/mol. The summed E-state index contributed by atoms with van der Waals surface area (Å²) in [5, 5.41) is 14.4. The van der Waals surface area contributed by atoms with Gasteiger partial charge in [-0.2, -0.15) is 4.98 Å². The van der Waals surface area contributed by atoms with Crippen LogP contribution >= 0.6 is 0 Å². The van der Waals surface area contributed by atoms with E-state index in [4.69, 9.17) is 4.74 Å². The molecule has 0 spiro atoms. The molecule has 0 bridgehead atoms. The van der Waals surface area contributed by atoms with E-state index in [-0.39, 0.29) is 11.8 Å². The van der Waals surface area contributed by atoms with E-state index >= 15 is 0 Å². The minimum absolute atomic E-state index is 0.0221. The van der Waals surface area contributed by atoms with Gasteiger partial charge in [-0.15, -0.1) is 0 Å². The molecule has 116 valence electrons. The number of aryl methyl sites for hydroxylation is 1. The molecular formula is C13H21N5O3. The van der Waals surface area contributed by atoms with Gasteiger partial charge < -0.3 is 15.0 Å². The van der Waals surface area contributed by atoms with Crippen molar-refractivity contribution in [1.29, 1.82) is 0 Å². The van der Waals surface area contributed by atoms with Gasteiger partial charge >= 0.3 is 5.69 Å². The molecule has 1 fully saturated rings. The third-order valence-corrected chi connectivity index (χ3v) is 3.30. The first-order valence-corrected chi connectivity index (χ1v) is 7.16. The first-order chi connectivity index (χ1) is 10.0. The lowest BCUT2D eigenvalue weighted by Gasteiger charge is -2.31. The molecule has 1 aliphatic heterocycles. The van der Waals surface area contributed by atoms with E-state index in [1.54, 1.807) is 6.92 Å². The summed E-state index contributed by atoms with van der Waals surface area (Å²) >= 11 is 0. The Kier molecular flexibility index (Phi) is 4.89. The standard InChI is InChI=1S/C13H21N5O3/c1-4-5-14-13-15-10(3)11(18(19)20)12(16-13)17-6-7-21-9(2)8-17/h9H,4-8H2,1-3H3,(H,14,15,16). The largest absolute Gasteiger partial charge is 0.375 e. The first kappa shape index (κ1) is 15.4. The number of hydrogen-bond donors (Lipinski definition) is 1. The molecule has 0 saturated carbocycles. The van der Waals surface area contributed by atoms with Crippen LogP contribution in [-0.2, 0) is 4.74 Å².